The summed E-state index contributed by atoms with van der Waals surface area (Å²) >= 11 is 0. The quantitative estimate of drug-likeness (QED) is 0.459. The third-order valence-electron chi connectivity index (χ3n) is 8.68. The first-order valence-electron chi connectivity index (χ1n) is 12.5. The number of nitrogens with two attached hydrogens (primary N) is 1. The summed E-state index contributed by atoms with van der Waals surface area (Å²) in [7, 11) is 3.02. The highest BCUT2D eigenvalue weighted by Crippen LogP contribution is 2.52. The molecule has 1 amide bonds. The molecule has 11 heteroatoms. The van der Waals surface area contributed by atoms with Gasteiger partial charge in [-0.25, -0.2) is 4.39 Å². The maximum absolute atomic E-state index is 15.8. The summed E-state index contributed by atoms with van der Waals surface area (Å²) in [5, 5.41) is 22.6. The van der Waals surface area contributed by atoms with Gasteiger partial charge in [-0.1, -0.05) is 6.92 Å². The number of carbonyl (C=O) groups is 5. The molecule has 1 aromatic carbocycles. The Labute approximate surface area is 212 Å². The molecule has 2 fully saturated rings. The number of aliphatic hydroxyl groups is 1. The van der Waals surface area contributed by atoms with E-state index in [0.29, 0.717) is 24.2 Å². The highest BCUT2D eigenvalue weighted by Gasteiger charge is 2.69. The number of aromatic hydroxyl groups is 1. The van der Waals surface area contributed by atoms with E-state index in [9.17, 15) is 34.2 Å². The minimum Gasteiger partial charge on any atom is -0.507 e. The lowest BCUT2D eigenvalue weighted by Crippen LogP contribution is -2.74. The summed E-state index contributed by atoms with van der Waals surface area (Å²) in [4.78, 5) is 69.3. The summed E-state index contributed by atoms with van der Waals surface area (Å²) in [5.41, 5.74) is 2.88. The molecule has 4 aliphatic rings. The van der Waals surface area contributed by atoms with E-state index in [1.807, 2.05) is 11.8 Å². The smallest absolute Gasteiger partial charge is 0.235 e. The molecule has 198 valence electrons. The predicted molar refractivity (Wildman–Crippen MR) is 126 cm³/mol. The lowest BCUT2D eigenvalue weighted by Gasteiger charge is -2.52. The zero-order valence-corrected chi connectivity index (χ0v) is 20.9. The standard InChI is InChI=1S/C26H30FN3O7/c1-4-5-30-8-12-13(9-30)20(31)16-11(18(12)27)6-10-7-14-19(29(2)3)22(33)17(25(28)36)24(35)26(14,37)23(34)15(10)21(16)32/h10,14-15,17,19,31,37H,4-9H2,1-3H3,(H2,28,36)/t10-,14-,15?,17?,19-,26-/m0/s1. The van der Waals surface area contributed by atoms with Crippen LogP contribution in [0, 0.1) is 29.5 Å². The second-order valence-electron chi connectivity index (χ2n) is 11.0. The van der Waals surface area contributed by atoms with Crippen molar-refractivity contribution in [3.05, 3.63) is 28.1 Å². The van der Waals surface area contributed by atoms with E-state index in [1.165, 1.54) is 19.0 Å². The number of rotatable bonds is 4. The molecule has 6 atom stereocenters. The fourth-order valence-electron chi connectivity index (χ4n) is 7.11. The fraction of sp³-hybridized carbons (Fsp3) is 0.577. The molecule has 37 heavy (non-hydrogen) atoms. The number of Topliss-reactive ketones (excluding diaryl/α,β-unsaturated/α-hetero) is 4. The molecule has 4 N–H and O–H groups in total. The monoisotopic (exact) mass is 515 g/mol. The molecule has 1 aromatic rings. The average Bonchev–Trinajstić information content (AvgIpc) is 3.24. The summed E-state index contributed by atoms with van der Waals surface area (Å²) in [6.07, 6.45) is 0.634. The number of carbonyl (C=O) groups excluding carboxylic acids is 5. The van der Waals surface area contributed by atoms with Gasteiger partial charge in [-0.05, 0) is 45.8 Å². The van der Waals surface area contributed by atoms with Gasteiger partial charge in [0.25, 0.3) is 0 Å². The van der Waals surface area contributed by atoms with E-state index in [0.717, 1.165) is 6.42 Å². The van der Waals surface area contributed by atoms with E-state index in [2.05, 4.69) is 0 Å². The van der Waals surface area contributed by atoms with Crippen molar-refractivity contribution in [2.45, 2.75) is 50.9 Å². The lowest BCUT2D eigenvalue weighted by atomic mass is 9.52. The van der Waals surface area contributed by atoms with E-state index in [1.54, 1.807) is 0 Å². The van der Waals surface area contributed by atoms with Gasteiger partial charge in [0.2, 0.25) is 5.91 Å². The number of primary amides is 1. The van der Waals surface area contributed by atoms with Crippen molar-refractivity contribution in [3.63, 3.8) is 0 Å². The molecule has 2 unspecified atom stereocenters. The summed E-state index contributed by atoms with van der Waals surface area (Å²) < 4.78 is 15.8. The molecule has 0 spiro atoms. The van der Waals surface area contributed by atoms with Crippen molar-refractivity contribution in [1.82, 2.24) is 9.80 Å². The van der Waals surface area contributed by atoms with Gasteiger partial charge in [-0.15, -0.1) is 0 Å². The first-order valence-corrected chi connectivity index (χ1v) is 12.5. The van der Waals surface area contributed by atoms with Gasteiger partial charge in [-0.2, -0.15) is 0 Å². The van der Waals surface area contributed by atoms with Crippen LogP contribution in [0.15, 0.2) is 0 Å². The Balaban J connectivity index is 1.63. The van der Waals surface area contributed by atoms with Crippen LogP contribution in [0.4, 0.5) is 4.39 Å². The minimum absolute atomic E-state index is 0.0176. The molecular weight excluding hydrogens is 485 g/mol. The van der Waals surface area contributed by atoms with Crippen molar-refractivity contribution in [2.75, 3.05) is 20.6 Å². The maximum Gasteiger partial charge on any atom is 0.235 e. The van der Waals surface area contributed by atoms with Crippen LogP contribution < -0.4 is 5.73 Å². The Hall–Kier alpha value is -3.02. The first-order chi connectivity index (χ1) is 17.4. The van der Waals surface area contributed by atoms with E-state index in [-0.39, 0.29) is 36.3 Å². The van der Waals surface area contributed by atoms with Crippen LogP contribution >= 0.6 is 0 Å². The highest BCUT2D eigenvalue weighted by molar-refractivity contribution is 6.32. The average molecular weight is 516 g/mol. The zero-order chi connectivity index (χ0) is 27.1. The molecule has 0 aromatic heterocycles. The molecule has 0 saturated heterocycles. The second kappa shape index (κ2) is 8.50. The van der Waals surface area contributed by atoms with Crippen LogP contribution in [0.25, 0.3) is 0 Å². The van der Waals surface area contributed by atoms with Crippen molar-refractivity contribution in [2.24, 2.45) is 29.4 Å². The Bertz CT molecular complexity index is 1280. The van der Waals surface area contributed by atoms with Crippen LogP contribution in [0.2, 0.25) is 0 Å². The number of benzene rings is 1. The van der Waals surface area contributed by atoms with Crippen molar-refractivity contribution < 1.29 is 38.6 Å². The molecule has 0 bridgehead atoms. The molecule has 10 nitrogen and oxygen atoms in total. The first kappa shape index (κ1) is 25.6. The summed E-state index contributed by atoms with van der Waals surface area (Å²) in [6, 6.07) is -1.19. The largest absolute Gasteiger partial charge is 0.507 e. The molecule has 1 heterocycles. The van der Waals surface area contributed by atoms with Crippen LogP contribution in [0.5, 0.6) is 5.75 Å². The van der Waals surface area contributed by atoms with E-state index >= 15 is 4.39 Å². The van der Waals surface area contributed by atoms with Gasteiger partial charge in [0.1, 0.15) is 11.6 Å². The Morgan fingerprint density at radius 3 is 2.38 bits per heavy atom. The zero-order valence-electron chi connectivity index (χ0n) is 20.9. The molecule has 0 radical (unpaired) electrons. The van der Waals surface area contributed by atoms with Crippen LogP contribution in [-0.2, 0) is 38.7 Å². The third-order valence-corrected chi connectivity index (χ3v) is 8.68. The number of hydrogen-bond donors (Lipinski definition) is 3. The van der Waals surface area contributed by atoms with Crippen molar-refractivity contribution in [1.29, 1.82) is 0 Å². The molecule has 1 aliphatic heterocycles. The fourth-order valence-corrected chi connectivity index (χ4v) is 7.11. The number of phenolic OH excluding ortho intramolecular Hbond substituents is 1. The van der Waals surface area contributed by atoms with Crippen molar-refractivity contribution >= 4 is 29.0 Å². The summed E-state index contributed by atoms with van der Waals surface area (Å²) in [6.45, 7) is 3.20. The highest BCUT2D eigenvalue weighted by atomic mass is 19.1. The number of nitrogens with zero attached hydrogens (tertiary/aromatic N) is 2. The lowest BCUT2D eigenvalue weighted by molar-refractivity contribution is -0.181. The SMILES string of the molecule is CCCN1Cc2c(O)c3c(c(F)c2C1)C[C@H]1C[C@H]2[C@H](N(C)C)C(=O)C(C(N)=O)C(=O)[C@@]2(O)C(=O)C1C3=O. The number of phenols is 1. The topological polar surface area (TPSA) is 158 Å². The molecule has 5 rings (SSSR count). The van der Waals surface area contributed by atoms with Gasteiger partial charge in [0.15, 0.2) is 34.7 Å². The van der Waals surface area contributed by atoms with E-state index < -0.39 is 70.2 Å². The van der Waals surface area contributed by atoms with Gasteiger partial charge in [-0.3, -0.25) is 33.8 Å². The number of amides is 1. The van der Waals surface area contributed by atoms with Gasteiger partial charge in [0.05, 0.1) is 17.5 Å². The number of halogens is 1. The van der Waals surface area contributed by atoms with Crippen LogP contribution in [0.3, 0.4) is 0 Å². The number of ketones is 4. The normalized spacial score (nSPS) is 33.3. The van der Waals surface area contributed by atoms with Gasteiger partial charge < -0.3 is 15.9 Å². The Kier molecular flexibility index (Phi) is 5.89. The third kappa shape index (κ3) is 3.30. The second-order valence-corrected chi connectivity index (χ2v) is 11.0. The molecule has 2 saturated carbocycles. The minimum atomic E-state index is -2.79. The molecular formula is C26H30FN3O7. The Morgan fingerprint density at radius 1 is 1.14 bits per heavy atom. The number of fused-ring (bicyclic) bond motifs is 4. The summed E-state index contributed by atoms with van der Waals surface area (Å²) in [5.74, 6) is -12.0. The predicted octanol–water partition coefficient (Wildman–Crippen LogP) is -0.268. The van der Waals surface area contributed by atoms with Gasteiger partial charge in [0, 0.05) is 35.7 Å². The van der Waals surface area contributed by atoms with E-state index in [4.69, 9.17) is 5.73 Å². The van der Waals surface area contributed by atoms with Crippen LogP contribution in [0.1, 0.15) is 46.8 Å². The Morgan fingerprint density at radius 2 is 1.78 bits per heavy atom. The van der Waals surface area contributed by atoms with Crippen LogP contribution in [-0.4, -0.2) is 81.3 Å². The van der Waals surface area contributed by atoms with Gasteiger partial charge >= 0.3 is 0 Å². The number of hydrogen-bond acceptors (Lipinski definition) is 9. The number of likely N-dealkylation sites (N-methyl/N-ethyl adjacent to an activating group) is 1. The molecule has 3 aliphatic carbocycles. The maximum atomic E-state index is 15.8. The van der Waals surface area contributed by atoms with Crippen molar-refractivity contribution in [3.8, 4) is 5.75 Å².